The number of ether oxygens (including phenoxy) is 1. The summed E-state index contributed by atoms with van der Waals surface area (Å²) in [5.41, 5.74) is -0.580. The van der Waals surface area contributed by atoms with Crippen LogP contribution in [0.15, 0.2) is 63.6 Å². The molecule has 1 amide bonds. The largest absolute Gasteiger partial charge is 0.461 e. The van der Waals surface area contributed by atoms with Crippen LogP contribution >= 0.6 is 11.3 Å². The van der Waals surface area contributed by atoms with Crippen LogP contribution in [-0.4, -0.2) is 54.1 Å². The van der Waals surface area contributed by atoms with E-state index in [0.717, 1.165) is 34.9 Å². The number of nitrogens with one attached hydrogen (secondary N) is 1. The van der Waals surface area contributed by atoms with Crippen molar-refractivity contribution in [3.05, 3.63) is 81.3 Å². The summed E-state index contributed by atoms with van der Waals surface area (Å²) in [5, 5.41) is 8.65. The average Bonchev–Trinajstić information content (AvgIpc) is 3.61. The highest BCUT2D eigenvalue weighted by Crippen LogP contribution is 2.31. The number of benzene rings is 2. The van der Waals surface area contributed by atoms with E-state index in [0.29, 0.717) is 13.1 Å². The molecule has 1 N–H and O–H groups in total. The number of esters is 1. The number of amides is 1. The van der Waals surface area contributed by atoms with Gasteiger partial charge in [-0.05, 0) is 62.2 Å². The smallest absolute Gasteiger partial charge is 0.359 e. The van der Waals surface area contributed by atoms with Crippen molar-refractivity contribution in [2.75, 3.05) is 25.0 Å². The quantitative estimate of drug-likeness (QED) is 0.335. The molecule has 1 saturated heterocycles. The van der Waals surface area contributed by atoms with Gasteiger partial charge >= 0.3 is 5.97 Å². The molecule has 10 nitrogen and oxygen atoms in total. The third kappa shape index (κ3) is 5.07. The van der Waals surface area contributed by atoms with E-state index < -0.39 is 33.3 Å². The van der Waals surface area contributed by atoms with Gasteiger partial charge < -0.3 is 10.1 Å². The van der Waals surface area contributed by atoms with Gasteiger partial charge in [-0.2, -0.15) is 14.1 Å². The Labute approximate surface area is 226 Å². The first-order valence-corrected chi connectivity index (χ1v) is 14.4. The topological polar surface area (TPSA) is 128 Å². The fraction of sp³-hybridized carbons (Fsp3) is 0.231. The van der Waals surface area contributed by atoms with Crippen molar-refractivity contribution in [3.8, 4) is 5.69 Å². The second-order valence-electron chi connectivity index (χ2n) is 8.71. The fourth-order valence-electron chi connectivity index (χ4n) is 4.31. The Balaban J connectivity index is 1.52. The minimum Gasteiger partial charge on any atom is -0.461 e. The van der Waals surface area contributed by atoms with Gasteiger partial charge in [0.2, 0.25) is 10.0 Å². The molecule has 0 unspecified atom stereocenters. The monoisotopic (exact) mass is 570 g/mol. The number of thiophene rings is 1. The SMILES string of the molecule is CCOC(=O)c1nn(-c2cccc(F)c2)c(=O)c2c(NC(=O)c3ccc(S(=O)(=O)N4CCCC4)cc3)scc12. The van der Waals surface area contributed by atoms with E-state index in [1.165, 1.54) is 52.1 Å². The summed E-state index contributed by atoms with van der Waals surface area (Å²) in [6.07, 6.45) is 1.62. The second kappa shape index (κ2) is 10.7. The van der Waals surface area contributed by atoms with E-state index in [1.807, 2.05) is 0 Å². The molecule has 1 aliphatic rings. The summed E-state index contributed by atoms with van der Waals surface area (Å²) < 4.78 is 46.9. The predicted octanol–water partition coefficient (Wildman–Crippen LogP) is 3.80. The number of sulfonamides is 1. The fourth-order valence-corrected chi connectivity index (χ4v) is 6.75. The molecule has 0 aliphatic carbocycles. The number of hydrogen-bond acceptors (Lipinski definition) is 8. The Hall–Kier alpha value is -3.94. The number of rotatable bonds is 7. The lowest BCUT2D eigenvalue weighted by atomic mass is 10.2. The highest BCUT2D eigenvalue weighted by Gasteiger charge is 2.27. The zero-order valence-corrected chi connectivity index (χ0v) is 22.4. The van der Waals surface area contributed by atoms with Crippen molar-refractivity contribution in [1.82, 2.24) is 14.1 Å². The van der Waals surface area contributed by atoms with Crippen LogP contribution in [0, 0.1) is 5.82 Å². The van der Waals surface area contributed by atoms with Gasteiger partial charge in [-0.25, -0.2) is 17.6 Å². The molecule has 13 heteroatoms. The van der Waals surface area contributed by atoms with Gasteiger partial charge in [0.25, 0.3) is 11.5 Å². The van der Waals surface area contributed by atoms with Gasteiger partial charge in [-0.3, -0.25) is 9.59 Å². The van der Waals surface area contributed by atoms with Gasteiger partial charge in [-0.1, -0.05) is 6.07 Å². The maximum atomic E-state index is 13.9. The van der Waals surface area contributed by atoms with Crippen molar-refractivity contribution in [2.24, 2.45) is 0 Å². The van der Waals surface area contributed by atoms with Crippen LogP contribution < -0.4 is 10.9 Å². The predicted molar refractivity (Wildman–Crippen MR) is 144 cm³/mol. The number of halogens is 1. The first-order chi connectivity index (χ1) is 18.7. The molecule has 1 aliphatic heterocycles. The summed E-state index contributed by atoms with van der Waals surface area (Å²) in [4.78, 5) is 39.3. The molecule has 5 rings (SSSR count). The summed E-state index contributed by atoms with van der Waals surface area (Å²) in [5.74, 6) is -1.97. The van der Waals surface area contributed by atoms with Crippen LogP contribution in [0.1, 0.15) is 40.6 Å². The minimum atomic E-state index is -3.64. The van der Waals surface area contributed by atoms with E-state index >= 15 is 0 Å². The van der Waals surface area contributed by atoms with E-state index in [1.54, 1.807) is 6.92 Å². The van der Waals surface area contributed by atoms with E-state index in [4.69, 9.17) is 4.74 Å². The Kier molecular flexibility index (Phi) is 7.30. The van der Waals surface area contributed by atoms with E-state index in [9.17, 15) is 27.2 Å². The number of aromatic nitrogens is 2. The summed E-state index contributed by atoms with van der Waals surface area (Å²) in [6, 6.07) is 10.7. The van der Waals surface area contributed by atoms with Crippen LogP contribution in [0.2, 0.25) is 0 Å². The Morgan fingerprint density at radius 3 is 2.51 bits per heavy atom. The zero-order valence-electron chi connectivity index (χ0n) is 20.7. The highest BCUT2D eigenvalue weighted by atomic mass is 32.2. The summed E-state index contributed by atoms with van der Waals surface area (Å²) in [6.45, 7) is 2.62. The molecular formula is C26H23FN4O6S2. The molecule has 1 fully saturated rings. The first-order valence-electron chi connectivity index (χ1n) is 12.1. The van der Waals surface area contributed by atoms with Crippen LogP contribution in [0.5, 0.6) is 0 Å². The number of carbonyl (C=O) groups excluding carboxylic acids is 2. The molecule has 0 radical (unpaired) electrons. The second-order valence-corrected chi connectivity index (χ2v) is 11.5. The van der Waals surface area contributed by atoms with Gasteiger partial charge in [0.15, 0.2) is 5.69 Å². The molecule has 2 aromatic heterocycles. The molecule has 39 heavy (non-hydrogen) atoms. The Morgan fingerprint density at radius 1 is 1.13 bits per heavy atom. The zero-order chi connectivity index (χ0) is 27.7. The van der Waals surface area contributed by atoms with Crippen LogP contribution in [0.25, 0.3) is 16.5 Å². The van der Waals surface area contributed by atoms with Gasteiger partial charge in [0.05, 0.1) is 22.6 Å². The maximum absolute atomic E-state index is 13.9. The number of carbonyl (C=O) groups is 2. The van der Waals surface area contributed by atoms with Crippen LogP contribution in [0.4, 0.5) is 9.39 Å². The third-order valence-electron chi connectivity index (χ3n) is 6.22. The standard InChI is InChI=1S/C26H23FN4O6S2/c1-2-37-26(34)22-20-15-38-24(21(20)25(33)31(29-22)18-7-5-6-17(27)14-18)28-23(32)16-8-10-19(11-9-16)39(35,36)30-12-3-4-13-30/h5-11,14-15H,2-4,12-13H2,1H3,(H,28,32). The van der Waals surface area contributed by atoms with Gasteiger partial charge in [0, 0.05) is 29.4 Å². The number of anilines is 1. The van der Waals surface area contributed by atoms with Crippen molar-refractivity contribution in [2.45, 2.75) is 24.7 Å². The lowest BCUT2D eigenvalue weighted by Gasteiger charge is -2.15. The van der Waals surface area contributed by atoms with Crippen LogP contribution in [0.3, 0.4) is 0 Å². The Morgan fingerprint density at radius 2 is 1.85 bits per heavy atom. The molecule has 0 spiro atoms. The Bertz CT molecular complexity index is 1740. The number of fused-ring (bicyclic) bond motifs is 1. The average molecular weight is 571 g/mol. The number of hydrogen-bond donors (Lipinski definition) is 1. The van der Waals surface area contributed by atoms with Gasteiger partial charge in [-0.15, -0.1) is 11.3 Å². The molecule has 2 aromatic carbocycles. The molecule has 0 saturated carbocycles. The van der Waals surface area contributed by atoms with E-state index in [-0.39, 0.29) is 44.2 Å². The normalized spacial score (nSPS) is 14.0. The van der Waals surface area contributed by atoms with Crippen LogP contribution in [-0.2, 0) is 14.8 Å². The first kappa shape index (κ1) is 26.7. The lowest BCUT2D eigenvalue weighted by molar-refractivity contribution is 0.0519. The molecular weight excluding hydrogens is 547 g/mol. The minimum absolute atomic E-state index is 0.00361. The number of nitrogens with zero attached hydrogens (tertiary/aromatic N) is 3. The van der Waals surface area contributed by atoms with Gasteiger partial charge in [0.1, 0.15) is 10.8 Å². The van der Waals surface area contributed by atoms with E-state index in [2.05, 4.69) is 10.4 Å². The van der Waals surface area contributed by atoms with Crippen molar-refractivity contribution in [3.63, 3.8) is 0 Å². The molecule has 0 bridgehead atoms. The van der Waals surface area contributed by atoms with Crippen molar-refractivity contribution in [1.29, 1.82) is 0 Å². The molecule has 3 heterocycles. The highest BCUT2D eigenvalue weighted by molar-refractivity contribution is 7.89. The summed E-state index contributed by atoms with van der Waals surface area (Å²) in [7, 11) is -3.64. The van der Waals surface area contributed by atoms with Crippen molar-refractivity contribution >= 4 is 49.0 Å². The molecule has 4 aromatic rings. The lowest BCUT2D eigenvalue weighted by Crippen LogP contribution is -2.27. The third-order valence-corrected chi connectivity index (χ3v) is 9.03. The maximum Gasteiger partial charge on any atom is 0.359 e. The summed E-state index contributed by atoms with van der Waals surface area (Å²) >= 11 is 1.01. The molecule has 0 atom stereocenters. The molecule has 202 valence electrons. The van der Waals surface area contributed by atoms with Crippen molar-refractivity contribution < 1.29 is 27.1 Å².